The molecule has 1 saturated carbocycles. The maximum Gasteiger partial charge on any atom is 0.273 e. The number of carbonyl (C=O) groups excluding carboxylic acids is 2. The summed E-state index contributed by atoms with van der Waals surface area (Å²) in [6.45, 7) is 0.513. The van der Waals surface area contributed by atoms with E-state index in [1.165, 1.54) is 18.6 Å². The van der Waals surface area contributed by atoms with Crippen molar-refractivity contribution in [3.63, 3.8) is 0 Å². The molecule has 166 valence electrons. The lowest BCUT2D eigenvalue weighted by molar-refractivity contribution is 0.0590. The Labute approximate surface area is 186 Å². The van der Waals surface area contributed by atoms with E-state index in [0.29, 0.717) is 11.3 Å². The first-order chi connectivity index (χ1) is 15.6. The van der Waals surface area contributed by atoms with Gasteiger partial charge in [0.2, 0.25) is 0 Å². The SMILES string of the molecule is O=C(NCc1ccc(F)cc1)c1cc(CN(C(=O)c2ccccc2)C2CCCCC2)on1. The van der Waals surface area contributed by atoms with E-state index in [-0.39, 0.29) is 42.5 Å². The first-order valence-electron chi connectivity index (χ1n) is 10.9. The molecule has 0 aliphatic heterocycles. The van der Waals surface area contributed by atoms with Crippen LogP contribution in [0.1, 0.15) is 64.3 Å². The summed E-state index contributed by atoms with van der Waals surface area (Å²) in [4.78, 5) is 27.5. The standard InChI is InChI=1S/C25H26FN3O3/c26-20-13-11-18(12-14-20)16-27-24(30)23-15-22(32-28-23)17-29(21-9-5-2-6-10-21)25(31)19-7-3-1-4-8-19/h1,3-4,7-8,11-15,21H,2,5-6,9-10,16-17H2,(H,27,30). The van der Waals surface area contributed by atoms with Crippen molar-refractivity contribution in [1.82, 2.24) is 15.4 Å². The number of hydrogen-bond donors (Lipinski definition) is 1. The van der Waals surface area contributed by atoms with Crippen LogP contribution >= 0.6 is 0 Å². The molecule has 0 saturated heterocycles. The van der Waals surface area contributed by atoms with E-state index in [4.69, 9.17) is 4.52 Å². The number of hydrogen-bond acceptors (Lipinski definition) is 4. The summed E-state index contributed by atoms with van der Waals surface area (Å²) in [6.07, 6.45) is 5.29. The van der Waals surface area contributed by atoms with Crippen LogP contribution in [-0.4, -0.2) is 27.9 Å². The number of benzene rings is 2. The van der Waals surface area contributed by atoms with Gasteiger partial charge in [-0.2, -0.15) is 0 Å². The van der Waals surface area contributed by atoms with Crippen LogP contribution in [0.2, 0.25) is 0 Å². The highest BCUT2D eigenvalue weighted by molar-refractivity contribution is 5.94. The second kappa shape index (κ2) is 10.2. The van der Waals surface area contributed by atoms with Crippen molar-refractivity contribution in [3.8, 4) is 0 Å². The maximum atomic E-state index is 13.2. The zero-order valence-electron chi connectivity index (χ0n) is 17.8. The Hall–Kier alpha value is -3.48. The third-order valence-corrected chi connectivity index (χ3v) is 5.78. The van der Waals surface area contributed by atoms with Crippen molar-refractivity contribution in [2.75, 3.05) is 0 Å². The number of carbonyl (C=O) groups is 2. The quantitative estimate of drug-likeness (QED) is 0.583. The van der Waals surface area contributed by atoms with Gasteiger partial charge in [0.05, 0.1) is 6.54 Å². The van der Waals surface area contributed by atoms with Crippen molar-refractivity contribution in [1.29, 1.82) is 0 Å². The third kappa shape index (κ3) is 5.41. The number of nitrogens with one attached hydrogen (secondary N) is 1. The number of nitrogens with zero attached hydrogens (tertiary/aromatic N) is 2. The molecule has 1 aliphatic rings. The summed E-state index contributed by atoms with van der Waals surface area (Å²) in [5.74, 6) is -0.292. The van der Waals surface area contributed by atoms with Crippen LogP contribution in [0, 0.1) is 5.82 Å². The average molecular weight is 435 g/mol. The molecule has 0 atom stereocenters. The minimum Gasteiger partial charge on any atom is -0.359 e. The highest BCUT2D eigenvalue weighted by Crippen LogP contribution is 2.26. The molecule has 6 nitrogen and oxygen atoms in total. The number of halogens is 1. The van der Waals surface area contributed by atoms with Crippen molar-refractivity contribution >= 4 is 11.8 Å². The maximum absolute atomic E-state index is 13.2. The van der Waals surface area contributed by atoms with Crippen LogP contribution in [-0.2, 0) is 13.1 Å². The molecule has 0 spiro atoms. The highest BCUT2D eigenvalue weighted by atomic mass is 19.1. The van der Waals surface area contributed by atoms with Gasteiger partial charge in [0, 0.05) is 24.2 Å². The van der Waals surface area contributed by atoms with Gasteiger partial charge in [0.25, 0.3) is 11.8 Å². The number of rotatable bonds is 7. The monoisotopic (exact) mass is 435 g/mol. The van der Waals surface area contributed by atoms with E-state index in [1.807, 2.05) is 35.2 Å². The first-order valence-corrected chi connectivity index (χ1v) is 10.9. The van der Waals surface area contributed by atoms with Gasteiger partial charge in [-0.15, -0.1) is 0 Å². The predicted molar refractivity (Wildman–Crippen MR) is 117 cm³/mol. The van der Waals surface area contributed by atoms with Gasteiger partial charge >= 0.3 is 0 Å². The van der Waals surface area contributed by atoms with Crippen molar-refractivity contribution in [2.45, 2.75) is 51.2 Å². The van der Waals surface area contributed by atoms with Gasteiger partial charge in [-0.25, -0.2) is 4.39 Å². The van der Waals surface area contributed by atoms with Crippen LogP contribution in [0.25, 0.3) is 0 Å². The summed E-state index contributed by atoms with van der Waals surface area (Å²) in [7, 11) is 0. The summed E-state index contributed by atoms with van der Waals surface area (Å²) in [5, 5.41) is 6.64. The van der Waals surface area contributed by atoms with Gasteiger partial charge in [-0.1, -0.05) is 54.8 Å². The minimum atomic E-state index is -0.386. The smallest absolute Gasteiger partial charge is 0.273 e. The molecule has 32 heavy (non-hydrogen) atoms. The Morgan fingerprint density at radius 1 is 1.03 bits per heavy atom. The van der Waals surface area contributed by atoms with Crippen LogP contribution in [0.3, 0.4) is 0 Å². The zero-order valence-corrected chi connectivity index (χ0v) is 17.8. The van der Waals surface area contributed by atoms with E-state index in [1.54, 1.807) is 18.2 Å². The second-order valence-electron chi connectivity index (χ2n) is 8.08. The lowest BCUT2D eigenvalue weighted by atomic mass is 9.93. The van der Waals surface area contributed by atoms with Crippen LogP contribution in [0.15, 0.2) is 65.2 Å². The molecule has 0 radical (unpaired) electrons. The van der Waals surface area contributed by atoms with Gasteiger partial charge in [0.1, 0.15) is 5.82 Å². The normalized spacial score (nSPS) is 14.2. The van der Waals surface area contributed by atoms with Crippen LogP contribution < -0.4 is 5.32 Å². The largest absolute Gasteiger partial charge is 0.359 e. The molecule has 1 fully saturated rings. The fraction of sp³-hybridized carbons (Fsp3) is 0.320. The molecule has 1 aromatic heterocycles. The van der Waals surface area contributed by atoms with E-state index in [2.05, 4.69) is 10.5 Å². The van der Waals surface area contributed by atoms with Gasteiger partial charge < -0.3 is 14.7 Å². The van der Waals surface area contributed by atoms with Crippen molar-refractivity contribution in [2.24, 2.45) is 0 Å². The molecular formula is C25H26FN3O3. The van der Waals surface area contributed by atoms with Crippen LogP contribution in [0.5, 0.6) is 0 Å². The molecule has 1 aliphatic carbocycles. The Balaban J connectivity index is 1.44. The topological polar surface area (TPSA) is 75.4 Å². The molecule has 7 heteroatoms. The Morgan fingerprint density at radius 3 is 2.47 bits per heavy atom. The molecule has 1 N–H and O–H groups in total. The zero-order chi connectivity index (χ0) is 22.3. The lowest BCUT2D eigenvalue weighted by Crippen LogP contribution is -2.40. The van der Waals surface area contributed by atoms with Gasteiger partial charge in [0.15, 0.2) is 11.5 Å². The fourth-order valence-electron chi connectivity index (χ4n) is 4.04. The fourth-order valence-corrected chi connectivity index (χ4v) is 4.04. The Bertz CT molecular complexity index is 1040. The van der Waals surface area contributed by atoms with Gasteiger partial charge in [-0.3, -0.25) is 9.59 Å². The predicted octanol–water partition coefficient (Wildman–Crippen LogP) is 4.72. The molecule has 2 aromatic carbocycles. The van der Waals surface area contributed by atoms with Crippen LogP contribution in [0.4, 0.5) is 4.39 Å². The summed E-state index contributed by atoms with van der Waals surface area (Å²) in [5.41, 5.74) is 1.56. The molecule has 0 unspecified atom stereocenters. The molecule has 4 rings (SSSR count). The summed E-state index contributed by atoms with van der Waals surface area (Å²) >= 11 is 0. The van der Waals surface area contributed by atoms with E-state index >= 15 is 0 Å². The molecular weight excluding hydrogens is 409 g/mol. The third-order valence-electron chi connectivity index (χ3n) is 5.78. The van der Waals surface area contributed by atoms with Crippen molar-refractivity contribution < 1.29 is 18.5 Å². The van der Waals surface area contributed by atoms with Gasteiger partial charge in [-0.05, 0) is 42.7 Å². The number of amides is 2. The minimum absolute atomic E-state index is 0.0452. The van der Waals surface area contributed by atoms with Crippen molar-refractivity contribution in [3.05, 3.63) is 89.1 Å². The summed E-state index contributed by atoms with van der Waals surface area (Å²) < 4.78 is 18.4. The summed E-state index contributed by atoms with van der Waals surface area (Å²) in [6, 6.07) is 16.8. The second-order valence-corrected chi connectivity index (χ2v) is 8.08. The Kier molecular flexibility index (Phi) is 6.94. The highest BCUT2D eigenvalue weighted by Gasteiger charge is 2.28. The Morgan fingerprint density at radius 2 is 1.75 bits per heavy atom. The number of aromatic nitrogens is 1. The first kappa shape index (κ1) is 21.7. The van der Waals surface area contributed by atoms with E-state index < -0.39 is 0 Å². The van der Waals surface area contributed by atoms with E-state index in [9.17, 15) is 14.0 Å². The molecule has 2 amide bonds. The molecule has 3 aromatic rings. The molecule has 0 bridgehead atoms. The molecule has 1 heterocycles. The van der Waals surface area contributed by atoms with E-state index in [0.717, 1.165) is 31.2 Å². The average Bonchev–Trinajstić information content (AvgIpc) is 3.31. The lowest BCUT2D eigenvalue weighted by Gasteiger charge is -2.33.